The number of fused-ring (bicyclic) bond motifs is 6. The van der Waals surface area contributed by atoms with Gasteiger partial charge in [0, 0.05) is 29.7 Å². The molecule has 1 aliphatic heterocycles. The van der Waals surface area contributed by atoms with E-state index >= 15 is 8.78 Å². The average molecular weight is 675 g/mol. The fraction of sp³-hybridized carbons (Fsp3) is 0.353. The summed E-state index contributed by atoms with van der Waals surface area (Å²) >= 11 is 0. The predicted molar refractivity (Wildman–Crippen MR) is 171 cm³/mol. The van der Waals surface area contributed by atoms with E-state index in [0.29, 0.717) is 36.3 Å². The van der Waals surface area contributed by atoms with Crippen LogP contribution in [0.3, 0.4) is 0 Å². The zero-order valence-corrected chi connectivity index (χ0v) is 26.7. The minimum atomic E-state index is -4.40. The molecule has 4 aromatic rings. The third-order valence-corrected chi connectivity index (χ3v) is 9.35. The Kier molecular flexibility index (Phi) is 9.76. The van der Waals surface area contributed by atoms with Crippen molar-refractivity contribution in [3.63, 3.8) is 0 Å². The largest absolute Gasteiger partial charge is 0.494 e. The first kappa shape index (κ1) is 34.1. The molecule has 0 aliphatic carbocycles. The molecule has 1 aliphatic rings. The fourth-order valence-electron chi connectivity index (χ4n) is 5.13. The zero-order chi connectivity index (χ0) is 33.9. The van der Waals surface area contributed by atoms with Crippen molar-refractivity contribution >= 4 is 21.7 Å². The summed E-state index contributed by atoms with van der Waals surface area (Å²) < 4.78 is 107. The lowest BCUT2D eigenvalue weighted by Gasteiger charge is -2.27. The second kappa shape index (κ2) is 13.5. The van der Waals surface area contributed by atoms with Gasteiger partial charge < -0.3 is 10.1 Å². The molecule has 250 valence electrons. The van der Waals surface area contributed by atoms with Crippen molar-refractivity contribution in [2.45, 2.75) is 63.1 Å². The second-order valence-corrected chi connectivity index (χ2v) is 13.7. The minimum Gasteiger partial charge on any atom is -0.494 e. The molecule has 2 aromatic heterocycles. The lowest BCUT2D eigenvalue weighted by molar-refractivity contribution is -0.215. The number of pyridine rings is 2. The highest BCUT2D eigenvalue weighted by Gasteiger charge is 2.46. The Balaban J connectivity index is 1.58. The van der Waals surface area contributed by atoms with E-state index in [-0.39, 0.29) is 52.9 Å². The Labute approximate surface area is 270 Å². The molecule has 2 aromatic carbocycles. The number of hydrogen-bond donors (Lipinski definition) is 2. The number of alkyl halides is 5. The van der Waals surface area contributed by atoms with Gasteiger partial charge in [-0.05, 0) is 61.2 Å². The first-order valence-electron chi connectivity index (χ1n) is 15.2. The maximum Gasteiger partial charge on any atom is 0.394 e. The lowest BCUT2D eigenvalue weighted by Crippen LogP contribution is -2.33. The smallest absolute Gasteiger partial charge is 0.394 e. The third kappa shape index (κ3) is 8.01. The van der Waals surface area contributed by atoms with E-state index < -0.39 is 34.0 Å². The van der Waals surface area contributed by atoms with Crippen molar-refractivity contribution in [1.82, 2.24) is 9.97 Å². The molecule has 2 N–H and O–H groups in total. The van der Waals surface area contributed by atoms with E-state index in [1.54, 1.807) is 48.5 Å². The Morgan fingerprint density at radius 3 is 2.40 bits per heavy atom. The number of nitrogens with one attached hydrogen (secondary N) is 2. The number of anilines is 2. The van der Waals surface area contributed by atoms with Gasteiger partial charge in [-0.15, -0.1) is 0 Å². The van der Waals surface area contributed by atoms with Crippen molar-refractivity contribution in [1.29, 1.82) is 0 Å². The average Bonchev–Trinajstić information content (AvgIpc) is 3.02. The Bertz CT molecular complexity index is 1830. The van der Waals surface area contributed by atoms with E-state index in [1.165, 1.54) is 30.3 Å². The van der Waals surface area contributed by atoms with Crippen LogP contribution in [0.5, 0.6) is 5.75 Å². The van der Waals surface area contributed by atoms with Crippen molar-refractivity contribution in [2.75, 3.05) is 23.2 Å². The van der Waals surface area contributed by atoms with Gasteiger partial charge in [-0.1, -0.05) is 62.7 Å². The van der Waals surface area contributed by atoms with Crippen LogP contribution in [0.1, 0.15) is 51.5 Å². The summed E-state index contributed by atoms with van der Waals surface area (Å²) in [6, 6.07) is 19.9. The summed E-state index contributed by atoms with van der Waals surface area (Å²) in [5, 5.41) is 2.80. The molecule has 4 bridgehead atoms. The molecule has 0 unspecified atom stereocenters. The fourth-order valence-corrected chi connectivity index (χ4v) is 6.10. The molecule has 0 amide bonds. The monoisotopic (exact) mass is 674 g/mol. The van der Waals surface area contributed by atoms with E-state index in [4.69, 9.17) is 4.74 Å². The molecule has 47 heavy (non-hydrogen) atoms. The van der Waals surface area contributed by atoms with Gasteiger partial charge in [0.1, 0.15) is 17.4 Å². The Hall–Kier alpha value is -4.26. The molecule has 0 fully saturated rings. The molecule has 3 heterocycles. The molecule has 0 saturated carbocycles. The van der Waals surface area contributed by atoms with Gasteiger partial charge in [0.05, 0.1) is 17.7 Å². The minimum absolute atomic E-state index is 0.0866. The molecule has 0 atom stereocenters. The maximum atomic E-state index is 15.9. The molecule has 7 nitrogen and oxygen atoms in total. The van der Waals surface area contributed by atoms with E-state index in [2.05, 4.69) is 20.0 Å². The highest BCUT2D eigenvalue weighted by atomic mass is 32.2. The van der Waals surface area contributed by atoms with Crippen molar-refractivity contribution in [2.24, 2.45) is 5.41 Å². The maximum absolute atomic E-state index is 15.9. The zero-order valence-electron chi connectivity index (χ0n) is 25.9. The van der Waals surface area contributed by atoms with Gasteiger partial charge >= 0.3 is 6.18 Å². The van der Waals surface area contributed by atoms with Gasteiger partial charge in [0.2, 0.25) is 0 Å². The number of hydrogen-bond acceptors (Lipinski definition) is 6. The molecule has 5 rings (SSSR count). The lowest BCUT2D eigenvalue weighted by atomic mass is 9.89. The van der Waals surface area contributed by atoms with Crippen LogP contribution in [-0.4, -0.2) is 37.7 Å². The summed E-state index contributed by atoms with van der Waals surface area (Å²) in [6.07, 6.45) is -3.75. The molecular formula is C34H35F5N4O3S. The molecular weight excluding hydrogens is 639 g/mol. The third-order valence-electron chi connectivity index (χ3n) is 8.09. The predicted octanol–water partition coefficient (Wildman–Crippen LogP) is 9.05. The van der Waals surface area contributed by atoms with Gasteiger partial charge in [-0.25, -0.2) is 18.7 Å². The molecule has 0 saturated heterocycles. The number of halogens is 5. The summed E-state index contributed by atoms with van der Waals surface area (Å²) in [6.45, 7) is 2.43. The summed E-state index contributed by atoms with van der Waals surface area (Å²) in [5.74, 6) is -2.73. The molecule has 0 spiro atoms. The Morgan fingerprint density at radius 2 is 1.62 bits per heavy atom. The number of ether oxygens (including phenoxy) is 1. The SMILES string of the molecule is CC(C)(CCOc1cccc(-c2ccc3nc2-c2ccccc2C(F)(F)CCCCCNc2cccc(n2)S(=O)(=O)N3)c1)C(F)(F)F. The number of aromatic nitrogens is 2. The van der Waals surface area contributed by atoms with Crippen LogP contribution in [0.15, 0.2) is 83.9 Å². The van der Waals surface area contributed by atoms with E-state index in [9.17, 15) is 21.6 Å². The van der Waals surface area contributed by atoms with Crippen LogP contribution in [0.4, 0.5) is 33.6 Å². The number of nitrogens with zero attached hydrogens (tertiary/aromatic N) is 2. The van der Waals surface area contributed by atoms with Crippen LogP contribution in [0, 0.1) is 5.41 Å². The first-order valence-corrected chi connectivity index (χ1v) is 16.7. The quantitative estimate of drug-likeness (QED) is 0.205. The van der Waals surface area contributed by atoms with Gasteiger partial charge in [0.25, 0.3) is 15.9 Å². The van der Waals surface area contributed by atoms with Crippen molar-refractivity contribution in [3.05, 3.63) is 84.4 Å². The number of benzene rings is 2. The highest BCUT2D eigenvalue weighted by molar-refractivity contribution is 7.92. The summed E-state index contributed by atoms with van der Waals surface area (Å²) in [4.78, 5) is 8.77. The van der Waals surface area contributed by atoms with E-state index in [1.807, 2.05) is 0 Å². The van der Waals surface area contributed by atoms with Crippen LogP contribution in [0.25, 0.3) is 22.4 Å². The van der Waals surface area contributed by atoms with Crippen LogP contribution >= 0.6 is 0 Å². The summed E-state index contributed by atoms with van der Waals surface area (Å²) in [5.41, 5.74) is -1.14. The number of sulfonamides is 1. The summed E-state index contributed by atoms with van der Waals surface area (Å²) in [7, 11) is -4.22. The number of rotatable bonds is 5. The molecule has 0 radical (unpaired) electrons. The Morgan fingerprint density at radius 1 is 0.851 bits per heavy atom. The molecule has 13 heteroatoms. The van der Waals surface area contributed by atoms with Gasteiger partial charge in [0.15, 0.2) is 5.03 Å². The van der Waals surface area contributed by atoms with Crippen LogP contribution in [0.2, 0.25) is 0 Å². The highest BCUT2D eigenvalue weighted by Crippen LogP contribution is 2.43. The van der Waals surface area contributed by atoms with Crippen LogP contribution < -0.4 is 14.8 Å². The first-order chi connectivity index (χ1) is 22.2. The standard InChI is InChI=1S/C34H35F5N4O3S/c1-32(2,34(37,38)39)19-21-46-24-11-8-10-23(22-24)25-16-17-29-42-31(25)26-12-4-5-13-27(26)33(35,36)18-6-3-7-20-40-28-14-9-15-30(41-28)47(44,45)43-29/h4-5,8-17,22H,3,6-7,18-21H2,1-2H3,(H,40,41)(H,42,43). The second-order valence-electron chi connectivity index (χ2n) is 12.1. The van der Waals surface area contributed by atoms with Crippen molar-refractivity contribution < 1.29 is 35.1 Å². The van der Waals surface area contributed by atoms with E-state index in [0.717, 1.165) is 13.8 Å². The normalized spacial score (nSPS) is 16.6. The van der Waals surface area contributed by atoms with Crippen LogP contribution in [-0.2, 0) is 15.9 Å². The topological polar surface area (TPSA) is 93.2 Å². The van der Waals surface area contributed by atoms with Gasteiger partial charge in [-0.2, -0.15) is 21.6 Å². The van der Waals surface area contributed by atoms with Crippen molar-refractivity contribution in [3.8, 4) is 28.1 Å². The van der Waals surface area contributed by atoms with Gasteiger partial charge in [-0.3, -0.25) is 4.72 Å².